The van der Waals surface area contributed by atoms with Gasteiger partial charge in [-0.2, -0.15) is 0 Å². The molecule has 20 heavy (non-hydrogen) atoms. The van der Waals surface area contributed by atoms with E-state index in [1.54, 1.807) is 0 Å². The summed E-state index contributed by atoms with van der Waals surface area (Å²) in [6, 6.07) is 8.69. The third kappa shape index (κ3) is 2.89. The van der Waals surface area contributed by atoms with E-state index in [-0.39, 0.29) is 0 Å². The third-order valence-corrected chi connectivity index (χ3v) is 4.39. The first-order valence-electron chi connectivity index (χ1n) is 7.66. The molecule has 0 saturated carbocycles. The van der Waals surface area contributed by atoms with Gasteiger partial charge < -0.3 is 14.8 Å². The van der Waals surface area contributed by atoms with E-state index >= 15 is 0 Å². The maximum Gasteiger partial charge on any atom is 0.0481 e. The molecule has 0 amide bonds. The molecule has 1 aromatic carbocycles. The molecule has 1 atom stereocenters. The first-order chi connectivity index (χ1) is 9.74. The zero-order chi connectivity index (χ0) is 13.9. The van der Waals surface area contributed by atoms with E-state index in [1.165, 1.54) is 48.9 Å². The summed E-state index contributed by atoms with van der Waals surface area (Å²) < 4.78 is 2.24. The second kappa shape index (κ2) is 5.98. The van der Waals surface area contributed by atoms with Gasteiger partial charge in [-0.15, -0.1) is 0 Å². The lowest BCUT2D eigenvalue weighted by atomic mass is 9.99. The minimum atomic E-state index is 0.809. The molecule has 1 saturated heterocycles. The summed E-state index contributed by atoms with van der Waals surface area (Å²) in [7, 11) is 4.38. The number of benzene rings is 1. The maximum atomic E-state index is 3.51. The van der Waals surface area contributed by atoms with Crippen molar-refractivity contribution in [1.82, 2.24) is 14.8 Å². The fourth-order valence-electron chi connectivity index (χ4n) is 3.43. The van der Waals surface area contributed by atoms with E-state index in [0.717, 1.165) is 12.5 Å². The number of rotatable bonds is 4. The van der Waals surface area contributed by atoms with Crippen LogP contribution >= 0.6 is 0 Å². The Morgan fingerprint density at radius 2 is 2.20 bits per heavy atom. The molecule has 2 aromatic rings. The van der Waals surface area contributed by atoms with Crippen LogP contribution in [0.4, 0.5) is 0 Å². The number of nitrogens with zero attached hydrogens (tertiary/aromatic N) is 2. The lowest BCUT2D eigenvalue weighted by Crippen LogP contribution is -2.36. The zero-order valence-corrected chi connectivity index (χ0v) is 12.6. The van der Waals surface area contributed by atoms with Gasteiger partial charge in [-0.3, -0.25) is 0 Å². The SMILES string of the molecule is CN(Cc1cn(C)c2ccccc12)CC1CCCNC1. The molecule has 0 bridgehead atoms. The number of hydrogen-bond acceptors (Lipinski definition) is 2. The Kier molecular flexibility index (Phi) is 4.08. The van der Waals surface area contributed by atoms with Crippen LogP contribution in [-0.2, 0) is 13.6 Å². The summed E-state index contributed by atoms with van der Waals surface area (Å²) in [6.07, 6.45) is 4.97. The second-order valence-electron chi connectivity index (χ2n) is 6.19. The van der Waals surface area contributed by atoms with E-state index in [2.05, 4.69) is 59.3 Å². The Labute approximate surface area is 121 Å². The van der Waals surface area contributed by atoms with Crippen LogP contribution in [0.1, 0.15) is 18.4 Å². The highest BCUT2D eigenvalue weighted by Gasteiger charge is 2.16. The largest absolute Gasteiger partial charge is 0.350 e. The molecule has 3 nitrogen and oxygen atoms in total. The molecule has 0 radical (unpaired) electrons. The first-order valence-corrected chi connectivity index (χ1v) is 7.66. The first kappa shape index (κ1) is 13.7. The summed E-state index contributed by atoms with van der Waals surface area (Å²) in [5, 5.41) is 4.90. The molecular formula is C17H25N3. The van der Waals surface area contributed by atoms with Crippen molar-refractivity contribution >= 4 is 10.9 Å². The lowest BCUT2D eigenvalue weighted by molar-refractivity contribution is 0.238. The molecule has 1 fully saturated rings. The molecule has 3 rings (SSSR count). The highest BCUT2D eigenvalue weighted by molar-refractivity contribution is 5.83. The van der Waals surface area contributed by atoms with Gasteiger partial charge in [0.15, 0.2) is 0 Å². The van der Waals surface area contributed by atoms with Crippen molar-refractivity contribution in [2.24, 2.45) is 13.0 Å². The van der Waals surface area contributed by atoms with Crippen molar-refractivity contribution in [3.8, 4) is 0 Å². The van der Waals surface area contributed by atoms with Gasteiger partial charge in [0.25, 0.3) is 0 Å². The van der Waals surface area contributed by atoms with E-state index in [9.17, 15) is 0 Å². The molecule has 1 unspecified atom stereocenters. The molecule has 0 spiro atoms. The quantitative estimate of drug-likeness (QED) is 0.922. The summed E-state index contributed by atoms with van der Waals surface area (Å²) in [6.45, 7) is 4.61. The molecule has 3 heteroatoms. The van der Waals surface area contributed by atoms with Crippen LogP contribution in [0.15, 0.2) is 30.5 Å². The van der Waals surface area contributed by atoms with Crippen molar-refractivity contribution in [3.05, 3.63) is 36.0 Å². The van der Waals surface area contributed by atoms with Crippen molar-refractivity contribution in [3.63, 3.8) is 0 Å². The van der Waals surface area contributed by atoms with Gasteiger partial charge in [-0.25, -0.2) is 0 Å². The number of aryl methyl sites for hydroxylation is 1. The average Bonchev–Trinajstić information content (AvgIpc) is 2.77. The zero-order valence-electron chi connectivity index (χ0n) is 12.6. The van der Waals surface area contributed by atoms with Gasteiger partial charge in [0.05, 0.1) is 0 Å². The third-order valence-electron chi connectivity index (χ3n) is 4.39. The number of hydrogen-bond donors (Lipinski definition) is 1. The van der Waals surface area contributed by atoms with E-state index in [4.69, 9.17) is 0 Å². The van der Waals surface area contributed by atoms with Crippen LogP contribution < -0.4 is 5.32 Å². The molecule has 1 aromatic heterocycles. The van der Waals surface area contributed by atoms with Crippen molar-refractivity contribution in [2.45, 2.75) is 19.4 Å². The highest BCUT2D eigenvalue weighted by atomic mass is 15.1. The summed E-state index contributed by atoms with van der Waals surface area (Å²) in [5.41, 5.74) is 2.77. The Bertz CT molecular complexity index is 567. The predicted octanol–water partition coefficient (Wildman–Crippen LogP) is 2.61. The normalized spacial score (nSPS) is 19.9. The van der Waals surface area contributed by atoms with E-state index in [1.807, 2.05) is 0 Å². The number of fused-ring (bicyclic) bond motifs is 1. The monoisotopic (exact) mass is 271 g/mol. The summed E-state index contributed by atoms with van der Waals surface area (Å²) in [4.78, 5) is 2.47. The lowest BCUT2D eigenvalue weighted by Gasteiger charge is -2.27. The Morgan fingerprint density at radius 3 is 3.00 bits per heavy atom. The van der Waals surface area contributed by atoms with E-state index in [0.29, 0.717) is 0 Å². The molecule has 108 valence electrons. The smallest absolute Gasteiger partial charge is 0.0481 e. The van der Waals surface area contributed by atoms with Gasteiger partial charge in [0.1, 0.15) is 0 Å². The van der Waals surface area contributed by atoms with Crippen molar-refractivity contribution in [2.75, 3.05) is 26.7 Å². The van der Waals surface area contributed by atoms with Gasteiger partial charge in [0.2, 0.25) is 0 Å². The molecule has 1 aliphatic rings. The van der Waals surface area contributed by atoms with Crippen LogP contribution in [-0.4, -0.2) is 36.1 Å². The van der Waals surface area contributed by atoms with Crippen LogP contribution in [0, 0.1) is 5.92 Å². The molecule has 0 aliphatic carbocycles. The Balaban J connectivity index is 1.69. The Morgan fingerprint density at radius 1 is 1.35 bits per heavy atom. The standard InChI is InChI=1S/C17H25N3/c1-19(11-14-6-5-9-18-10-14)12-15-13-20(2)17-8-4-3-7-16(15)17/h3-4,7-8,13-14,18H,5-6,9-12H2,1-2H3. The van der Waals surface area contributed by atoms with Crippen LogP contribution in [0.3, 0.4) is 0 Å². The highest BCUT2D eigenvalue weighted by Crippen LogP contribution is 2.22. The van der Waals surface area contributed by atoms with Crippen molar-refractivity contribution < 1.29 is 0 Å². The summed E-state index contributed by atoms with van der Waals surface area (Å²) >= 11 is 0. The minimum absolute atomic E-state index is 0.809. The molecular weight excluding hydrogens is 246 g/mol. The molecule has 1 N–H and O–H groups in total. The fourth-order valence-corrected chi connectivity index (χ4v) is 3.43. The number of nitrogens with one attached hydrogen (secondary N) is 1. The van der Waals surface area contributed by atoms with Gasteiger partial charge in [-0.05, 0) is 50.5 Å². The van der Waals surface area contributed by atoms with Gasteiger partial charge in [-0.1, -0.05) is 18.2 Å². The number of piperidine rings is 1. The number of aromatic nitrogens is 1. The second-order valence-corrected chi connectivity index (χ2v) is 6.19. The number of para-hydroxylation sites is 1. The topological polar surface area (TPSA) is 20.2 Å². The molecule has 1 aliphatic heterocycles. The fraction of sp³-hybridized carbons (Fsp3) is 0.529. The predicted molar refractivity (Wildman–Crippen MR) is 84.8 cm³/mol. The minimum Gasteiger partial charge on any atom is -0.350 e. The van der Waals surface area contributed by atoms with Crippen LogP contribution in [0.25, 0.3) is 10.9 Å². The van der Waals surface area contributed by atoms with Gasteiger partial charge >= 0.3 is 0 Å². The van der Waals surface area contributed by atoms with Crippen LogP contribution in [0.2, 0.25) is 0 Å². The summed E-state index contributed by atoms with van der Waals surface area (Å²) in [5.74, 6) is 0.809. The van der Waals surface area contributed by atoms with E-state index < -0.39 is 0 Å². The van der Waals surface area contributed by atoms with Gasteiger partial charge in [0, 0.05) is 37.2 Å². The van der Waals surface area contributed by atoms with Crippen molar-refractivity contribution in [1.29, 1.82) is 0 Å². The molecule has 2 heterocycles. The Hall–Kier alpha value is -1.32. The average molecular weight is 271 g/mol. The van der Waals surface area contributed by atoms with Crippen LogP contribution in [0.5, 0.6) is 0 Å². The maximum absolute atomic E-state index is 3.51.